The summed E-state index contributed by atoms with van der Waals surface area (Å²) in [6.07, 6.45) is 0. The molecule has 6 nitrogen and oxygen atoms in total. The normalized spacial score (nSPS) is 16.1. The summed E-state index contributed by atoms with van der Waals surface area (Å²) in [4.78, 5) is 13.7. The molecule has 1 saturated heterocycles. The maximum atomic E-state index is 12.9. The summed E-state index contributed by atoms with van der Waals surface area (Å²) in [6.45, 7) is 7.15. The van der Waals surface area contributed by atoms with Crippen molar-refractivity contribution in [2.75, 3.05) is 32.7 Å². The van der Waals surface area contributed by atoms with Gasteiger partial charge in [-0.05, 0) is 29.2 Å². The van der Waals surface area contributed by atoms with Crippen LogP contribution >= 0.6 is 0 Å². The van der Waals surface area contributed by atoms with Gasteiger partial charge in [-0.3, -0.25) is 4.79 Å². The van der Waals surface area contributed by atoms with Gasteiger partial charge in [-0.25, -0.2) is 8.42 Å². The molecule has 2 aromatic carbocycles. The Morgan fingerprint density at radius 3 is 2.24 bits per heavy atom. The zero-order valence-electron chi connectivity index (χ0n) is 17.1. The fraction of sp³-hybridized carbons (Fsp3) is 0.409. The molecule has 1 aliphatic heterocycles. The molecule has 0 saturated carbocycles. The summed E-state index contributed by atoms with van der Waals surface area (Å²) in [5.41, 5.74) is 2.19. The highest BCUT2D eigenvalue weighted by Crippen LogP contribution is 2.20. The minimum absolute atomic E-state index is 0.00978. The van der Waals surface area contributed by atoms with Crippen LogP contribution in [-0.2, 0) is 21.4 Å². The predicted molar refractivity (Wildman–Crippen MR) is 113 cm³/mol. The molecule has 1 amide bonds. The molecule has 156 valence electrons. The van der Waals surface area contributed by atoms with Crippen LogP contribution in [0.3, 0.4) is 0 Å². The minimum Gasteiger partial charge on any atom is -0.347 e. The van der Waals surface area contributed by atoms with E-state index in [2.05, 4.69) is 19.2 Å². The Kier molecular flexibility index (Phi) is 7.05. The molecule has 0 atom stereocenters. The van der Waals surface area contributed by atoms with E-state index in [1.54, 1.807) is 12.1 Å². The molecule has 29 heavy (non-hydrogen) atoms. The van der Waals surface area contributed by atoms with Crippen LogP contribution in [0.25, 0.3) is 0 Å². The maximum Gasteiger partial charge on any atom is 0.275 e. The molecule has 2 N–H and O–H groups in total. The van der Waals surface area contributed by atoms with Crippen molar-refractivity contribution in [1.29, 1.82) is 0 Å². The van der Waals surface area contributed by atoms with Gasteiger partial charge in [-0.15, -0.1) is 0 Å². The van der Waals surface area contributed by atoms with Gasteiger partial charge < -0.3 is 10.2 Å². The van der Waals surface area contributed by atoms with Crippen molar-refractivity contribution in [3.8, 4) is 0 Å². The summed E-state index contributed by atoms with van der Waals surface area (Å²) < 4.78 is 27.3. The fourth-order valence-corrected chi connectivity index (χ4v) is 4.92. The van der Waals surface area contributed by atoms with Gasteiger partial charge in [0.05, 0.1) is 31.1 Å². The van der Waals surface area contributed by atoms with Crippen molar-refractivity contribution >= 4 is 15.9 Å². The Morgan fingerprint density at radius 1 is 1.03 bits per heavy atom. The van der Waals surface area contributed by atoms with Crippen molar-refractivity contribution in [2.45, 2.75) is 31.2 Å². The van der Waals surface area contributed by atoms with Gasteiger partial charge in [0.15, 0.2) is 6.54 Å². The lowest BCUT2D eigenvalue weighted by atomic mass is 10.0. The Morgan fingerprint density at radius 2 is 1.66 bits per heavy atom. The van der Waals surface area contributed by atoms with Crippen molar-refractivity contribution < 1.29 is 18.1 Å². The third-order valence-corrected chi connectivity index (χ3v) is 7.27. The molecule has 1 heterocycles. The minimum atomic E-state index is -3.48. The zero-order valence-corrected chi connectivity index (χ0v) is 17.9. The molecule has 0 aliphatic carbocycles. The number of rotatable bonds is 7. The first kappa shape index (κ1) is 21.5. The van der Waals surface area contributed by atoms with E-state index in [9.17, 15) is 13.2 Å². The predicted octanol–water partition coefficient (Wildman–Crippen LogP) is 1.02. The smallest absolute Gasteiger partial charge is 0.275 e. The lowest BCUT2D eigenvalue weighted by Crippen LogP contribution is -3.15. The molecule has 0 radical (unpaired) electrons. The van der Waals surface area contributed by atoms with Gasteiger partial charge in [0, 0.05) is 6.54 Å². The Balaban J connectivity index is 1.49. The SMILES string of the molecule is CC(C)c1ccc(S(=O)(=O)N2CC[NH+](CC(=O)NCc3ccccc3)CC2)cc1. The maximum absolute atomic E-state index is 12.9. The van der Waals surface area contributed by atoms with E-state index in [1.165, 1.54) is 4.31 Å². The quantitative estimate of drug-likeness (QED) is 0.708. The lowest BCUT2D eigenvalue weighted by molar-refractivity contribution is -0.895. The number of hydrogen-bond donors (Lipinski definition) is 2. The van der Waals surface area contributed by atoms with E-state index < -0.39 is 10.0 Å². The molecule has 3 rings (SSSR count). The van der Waals surface area contributed by atoms with Gasteiger partial charge in [0.2, 0.25) is 10.0 Å². The summed E-state index contributed by atoms with van der Waals surface area (Å²) in [5.74, 6) is 0.358. The van der Waals surface area contributed by atoms with Crippen LogP contribution in [0.5, 0.6) is 0 Å². The molecule has 7 heteroatoms. The average Bonchev–Trinajstić information content (AvgIpc) is 2.73. The number of nitrogens with zero attached hydrogens (tertiary/aromatic N) is 1. The van der Waals surface area contributed by atoms with Gasteiger partial charge in [-0.1, -0.05) is 56.3 Å². The standard InChI is InChI=1S/C22H29N3O3S/c1-18(2)20-8-10-21(11-9-20)29(27,28)25-14-12-24(13-15-25)17-22(26)23-16-19-6-4-3-5-7-19/h3-11,18H,12-17H2,1-2H3,(H,23,26)/p+1. The second-order valence-corrected chi connectivity index (χ2v) is 9.75. The van der Waals surface area contributed by atoms with Gasteiger partial charge in [0.1, 0.15) is 0 Å². The third-order valence-electron chi connectivity index (χ3n) is 5.36. The first-order chi connectivity index (χ1) is 13.9. The van der Waals surface area contributed by atoms with E-state index in [1.807, 2.05) is 42.5 Å². The summed E-state index contributed by atoms with van der Waals surface area (Å²) >= 11 is 0. The number of quaternary nitrogens is 1. The molecule has 2 aromatic rings. The van der Waals surface area contributed by atoms with E-state index >= 15 is 0 Å². The van der Waals surface area contributed by atoms with Crippen LogP contribution in [0.1, 0.15) is 30.9 Å². The van der Waals surface area contributed by atoms with E-state index in [0.29, 0.717) is 50.1 Å². The third kappa shape index (κ3) is 5.65. The molecular weight excluding hydrogens is 386 g/mol. The van der Waals surface area contributed by atoms with E-state index in [4.69, 9.17) is 0 Å². The largest absolute Gasteiger partial charge is 0.347 e. The molecule has 0 bridgehead atoms. The number of carbonyl (C=O) groups excluding carboxylic acids is 1. The van der Waals surface area contributed by atoms with Gasteiger partial charge in [0.25, 0.3) is 5.91 Å². The number of benzene rings is 2. The monoisotopic (exact) mass is 416 g/mol. The van der Waals surface area contributed by atoms with Crippen molar-refractivity contribution in [1.82, 2.24) is 9.62 Å². The van der Waals surface area contributed by atoms with Crippen LogP contribution in [0, 0.1) is 0 Å². The second-order valence-electron chi connectivity index (χ2n) is 7.82. The van der Waals surface area contributed by atoms with Crippen molar-refractivity contribution in [3.63, 3.8) is 0 Å². The van der Waals surface area contributed by atoms with E-state index in [0.717, 1.165) is 16.0 Å². The number of hydrogen-bond acceptors (Lipinski definition) is 3. The first-order valence-electron chi connectivity index (χ1n) is 10.1. The second kappa shape index (κ2) is 9.52. The lowest BCUT2D eigenvalue weighted by Gasteiger charge is -2.31. The summed E-state index contributed by atoms with van der Waals surface area (Å²) in [5, 5.41) is 2.94. The van der Waals surface area contributed by atoms with E-state index in [-0.39, 0.29) is 5.91 Å². The molecule has 1 aliphatic rings. The van der Waals surface area contributed by atoms with Crippen LogP contribution in [0.4, 0.5) is 0 Å². The molecule has 1 fully saturated rings. The van der Waals surface area contributed by atoms with Crippen LogP contribution in [-0.4, -0.2) is 51.4 Å². The topological polar surface area (TPSA) is 70.9 Å². The highest BCUT2D eigenvalue weighted by Gasteiger charge is 2.31. The number of sulfonamides is 1. The van der Waals surface area contributed by atoms with Gasteiger partial charge in [-0.2, -0.15) is 4.31 Å². The molecule has 0 unspecified atom stereocenters. The Hall–Kier alpha value is -2.22. The molecule has 0 aromatic heterocycles. The Labute approximate surface area is 173 Å². The first-order valence-corrected chi connectivity index (χ1v) is 11.5. The molecular formula is C22H30N3O3S+. The summed E-state index contributed by atoms with van der Waals surface area (Å²) in [7, 11) is -3.48. The highest BCUT2D eigenvalue weighted by molar-refractivity contribution is 7.89. The van der Waals surface area contributed by atoms with Crippen molar-refractivity contribution in [2.24, 2.45) is 0 Å². The molecule has 0 spiro atoms. The number of carbonyl (C=O) groups is 1. The Bertz CT molecular complexity index is 904. The van der Waals surface area contributed by atoms with Crippen LogP contribution < -0.4 is 10.2 Å². The number of nitrogens with one attached hydrogen (secondary N) is 2. The van der Waals surface area contributed by atoms with Gasteiger partial charge >= 0.3 is 0 Å². The summed E-state index contributed by atoms with van der Waals surface area (Å²) in [6, 6.07) is 17.0. The zero-order chi connectivity index (χ0) is 20.9. The highest BCUT2D eigenvalue weighted by atomic mass is 32.2. The average molecular weight is 417 g/mol. The van der Waals surface area contributed by atoms with Crippen LogP contribution in [0.15, 0.2) is 59.5 Å². The van der Waals surface area contributed by atoms with Crippen LogP contribution in [0.2, 0.25) is 0 Å². The van der Waals surface area contributed by atoms with Crippen molar-refractivity contribution in [3.05, 3.63) is 65.7 Å². The number of amides is 1. The number of piperazine rings is 1. The fourth-order valence-electron chi connectivity index (χ4n) is 3.48.